The molecule has 124 valence electrons. The molecule has 4 fully saturated rings. The van der Waals surface area contributed by atoms with Gasteiger partial charge >= 0.3 is 0 Å². The predicted molar refractivity (Wildman–Crippen MR) is 84.1 cm³/mol. The van der Waals surface area contributed by atoms with Crippen molar-refractivity contribution in [2.75, 3.05) is 0 Å². The van der Waals surface area contributed by atoms with Gasteiger partial charge in [0.1, 0.15) is 5.54 Å². The molecule has 0 aromatic carbocycles. The molecule has 0 aromatic heterocycles. The number of aliphatic hydroxyl groups excluding tert-OH is 1. The van der Waals surface area contributed by atoms with Crippen LogP contribution < -0.4 is 0 Å². The highest BCUT2D eigenvalue weighted by atomic mass is 16.6. The fourth-order valence-electron chi connectivity index (χ4n) is 6.91. The highest BCUT2D eigenvalue weighted by Crippen LogP contribution is 2.92. The Balaban J connectivity index is 1.54. The van der Waals surface area contributed by atoms with E-state index in [-0.39, 0.29) is 22.0 Å². The quantitative estimate of drug-likeness (QED) is 0.574. The molecule has 7 atom stereocenters. The molecule has 22 heavy (non-hydrogen) atoms. The van der Waals surface area contributed by atoms with E-state index in [1.807, 2.05) is 0 Å². The first kappa shape index (κ1) is 15.1. The molecular formula is C18H29NO3. The van der Waals surface area contributed by atoms with Crippen LogP contribution in [0.2, 0.25) is 0 Å². The normalized spacial score (nSPS) is 51.2. The maximum Gasteiger partial charge on any atom is 0.160 e. The summed E-state index contributed by atoms with van der Waals surface area (Å²) >= 11 is 0. The summed E-state index contributed by atoms with van der Waals surface area (Å²) in [6, 6.07) is 0. The molecule has 7 unspecified atom stereocenters. The zero-order valence-electron chi connectivity index (χ0n) is 14.3. The van der Waals surface area contributed by atoms with E-state index in [0.717, 1.165) is 32.1 Å². The van der Waals surface area contributed by atoms with Gasteiger partial charge in [0.2, 0.25) is 0 Å². The zero-order valence-corrected chi connectivity index (χ0v) is 14.3. The smallest absolute Gasteiger partial charge is 0.160 e. The molecule has 1 N–H and O–H groups in total. The molecule has 0 radical (unpaired) electrons. The molecule has 0 aliphatic heterocycles. The Morgan fingerprint density at radius 3 is 2.55 bits per heavy atom. The van der Waals surface area contributed by atoms with Crippen molar-refractivity contribution >= 4 is 0 Å². The summed E-state index contributed by atoms with van der Waals surface area (Å²) < 4.78 is 6.36. The van der Waals surface area contributed by atoms with E-state index in [4.69, 9.17) is 4.74 Å². The Labute approximate surface area is 133 Å². The summed E-state index contributed by atoms with van der Waals surface area (Å²) in [4.78, 5) is 11.4. The molecule has 4 aliphatic carbocycles. The molecule has 4 aliphatic rings. The minimum absolute atomic E-state index is 0.0207. The molecule has 4 saturated carbocycles. The molecule has 0 aromatic rings. The summed E-state index contributed by atoms with van der Waals surface area (Å²) in [5, 5.41) is 14.4. The molecule has 4 nitrogen and oxygen atoms in total. The van der Waals surface area contributed by atoms with Gasteiger partial charge in [0, 0.05) is 17.3 Å². The average Bonchev–Trinajstić information content (AvgIpc) is 2.39. The van der Waals surface area contributed by atoms with Crippen molar-refractivity contribution in [1.82, 2.24) is 0 Å². The first-order valence-electron chi connectivity index (χ1n) is 9.02. The SMILES string of the molecule is CCCC(C)(C(C)C)C(O)OC12CC3CC4CC(N=O)(C1)C432. The topological polar surface area (TPSA) is 58.9 Å². The fourth-order valence-corrected chi connectivity index (χ4v) is 6.91. The van der Waals surface area contributed by atoms with Crippen LogP contribution in [0.5, 0.6) is 0 Å². The fraction of sp³-hybridized carbons (Fsp3) is 1.00. The second-order valence-corrected chi connectivity index (χ2v) is 9.08. The summed E-state index contributed by atoms with van der Waals surface area (Å²) in [6.07, 6.45) is 5.23. The Hall–Kier alpha value is -0.480. The van der Waals surface area contributed by atoms with Crippen LogP contribution in [0.1, 0.15) is 66.2 Å². The number of rotatable bonds is 7. The molecule has 0 bridgehead atoms. The van der Waals surface area contributed by atoms with Gasteiger partial charge in [-0.1, -0.05) is 39.3 Å². The largest absolute Gasteiger partial charge is 0.367 e. The second kappa shape index (κ2) is 4.13. The number of ether oxygens (including phenoxy) is 1. The highest BCUT2D eigenvalue weighted by Gasteiger charge is 2.96. The van der Waals surface area contributed by atoms with Crippen LogP contribution in [0.3, 0.4) is 0 Å². The van der Waals surface area contributed by atoms with Gasteiger partial charge in [0.25, 0.3) is 0 Å². The number of hydrogen-bond donors (Lipinski definition) is 1. The van der Waals surface area contributed by atoms with Crippen molar-refractivity contribution in [2.24, 2.45) is 33.8 Å². The van der Waals surface area contributed by atoms with E-state index in [2.05, 4.69) is 32.9 Å². The first-order chi connectivity index (χ1) is 10.3. The van der Waals surface area contributed by atoms with E-state index in [0.29, 0.717) is 17.8 Å². The Morgan fingerprint density at radius 1 is 1.36 bits per heavy atom. The lowest BCUT2D eigenvalue weighted by Gasteiger charge is -2.92. The molecule has 0 amide bonds. The third-order valence-corrected chi connectivity index (χ3v) is 8.30. The number of aliphatic hydroxyl groups is 1. The van der Waals surface area contributed by atoms with Crippen molar-refractivity contribution in [3.63, 3.8) is 0 Å². The van der Waals surface area contributed by atoms with Gasteiger partial charge in [0.15, 0.2) is 6.29 Å². The lowest BCUT2D eigenvalue weighted by atomic mass is 9.14. The Morgan fingerprint density at radius 2 is 2.05 bits per heavy atom. The zero-order chi connectivity index (χ0) is 16.0. The highest BCUT2D eigenvalue weighted by molar-refractivity contribution is 5.46. The summed E-state index contributed by atoms with van der Waals surface area (Å²) in [5.41, 5.74) is -0.776. The van der Waals surface area contributed by atoms with Crippen molar-refractivity contribution < 1.29 is 9.84 Å². The number of nitrogens with zero attached hydrogens (tertiary/aromatic N) is 1. The van der Waals surface area contributed by atoms with Crippen LogP contribution in [-0.4, -0.2) is 22.5 Å². The Kier molecular flexibility index (Phi) is 2.83. The van der Waals surface area contributed by atoms with E-state index in [1.54, 1.807) is 0 Å². The molecule has 0 heterocycles. The van der Waals surface area contributed by atoms with E-state index in [9.17, 15) is 10.0 Å². The predicted octanol–water partition coefficient (Wildman–Crippen LogP) is 3.86. The summed E-state index contributed by atoms with van der Waals surface area (Å²) in [6.45, 7) is 8.62. The van der Waals surface area contributed by atoms with Crippen LogP contribution in [0, 0.1) is 33.5 Å². The van der Waals surface area contributed by atoms with Crippen molar-refractivity contribution in [2.45, 2.75) is 83.6 Å². The van der Waals surface area contributed by atoms with Crippen LogP contribution in [0.4, 0.5) is 0 Å². The van der Waals surface area contributed by atoms with Gasteiger partial charge in [0.05, 0.1) is 5.60 Å². The third kappa shape index (κ3) is 1.24. The standard InChI is InChI=1S/C18H29NO3/c1-5-6-15(4,11(2)3)14(20)22-17-9-13-7-12-8-16(10-17,19-21)18(12,13)17/h11-14,20H,5-10H2,1-4H3. The maximum atomic E-state index is 11.4. The Bertz CT molecular complexity index is 516. The average molecular weight is 307 g/mol. The second-order valence-electron chi connectivity index (χ2n) is 9.08. The van der Waals surface area contributed by atoms with E-state index in [1.165, 1.54) is 6.42 Å². The van der Waals surface area contributed by atoms with Crippen LogP contribution in [-0.2, 0) is 4.74 Å². The van der Waals surface area contributed by atoms with Gasteiger partial charge in [-0.05, 0) is 43.4 Å². The molecule has 1 spiro atoms. The van der Waals surface area contributed by atoms with Gasteiger partial charge in [-0.2, -0.15) is 4.91 Å². The molecule has 4 heteroatoms. The monoisotopic (exact) mass is 307 g/mol. The summed E-state index contributed by atoms with van der Waals surface area (Å²) in [5.74, 6) is 1.61. The molecular weight excluding hydrogens is 278 g/mol. The third-order valence-electron chi connectivity index (χ3n) is 8.30. The molecule has 4 rings (SSSR count). The minimum atomic E-state index is -0.741. The van der Waals surface area contributed by atoms with Crippen LogP contribution >= 0.6 is 0 Å². The summed E-state index contributed by atoms with van der Waals surface area (Å²) in [7, 11) is 0. The van der Waals surface area contributed by atoms with Gasteiger partial charge in [-0.3, -0.25) is 0 Å². The number of hydrogen-bond acceptors (Lipinski definition) is 4. The van der Waals surface area contributed by atoms with Gasteiger partial charge in [-0.25, -0.2) is 0 Å². The van der Waals surface area contributed by atoms with Crippen molar-refractivity contribution in [3.05, 3.63) is 4.91 Å². The van der Waals surface area contributed by atoms with Crippen LogP contribution in [0.15, 0.2) is 5.18 Å². The van der Waals surface area contributed by atoms with Crippen molar-refractivity contribution in [1.29, 1.82) is 0 Å². The van der Waals surface area contributed by atoms with Crippen molar-refractivity contribution in [3.8, 4) is 0 Å². The maximum absolute atomic E-state index is 11.4. The minimum Gasteiger partial charge on any atom is -0.367 e. The van der Waals surface area contributed by atoms with E-state index < -0.39 is 6.29 Å². The van der Waals surface area contributed by atoms with Gasteiger partial charge in [-0.15, -0.1) is 0 Å². The first-order valence-corrected chi connectivity index (χ1v) is 9.02. The van der Waals surface area contributed by atoms with E-state index >= 15 is 0 Å². The number of nitroso groups, excluding NO2 is 1. The van der Waals surface area contributed by atoms with Crippen LogP contribution in [0.25, 0.3) is 0 Å². The lowest BCUT2D eigenvalue weighted by Crippen LogP contribution is -2.97. The molecule has 0 saturated heterocycles. The lowest BCUT2D eigenvalue weighted by molar-refractivity contribution is -0.488. The van der Waals surface area contributed by atoms with Gasteiger partial charge < -0.3 is 9.84 Å².